The average Bonchev–Trinajstić information content (AvgIpc) is 1.88. The molecule has 0 heterocycles. The van der Waals surface area contributed by atoms with Crippen molar-refractivity contribution in [3.63, 3.8) is 0 Å². The number of nitrogens with two attached hydrogens (primary N) is 1. The Kier molecular flexibility index (Phi) is 3.30. The first-order valence-electron chi connectivity index (χ1n) is 2.99. The molecule has 0 aliphatic heterocycles. The van der Waals surface area contributed by atoms with Gasteiger partial charge >= 0.3 is 0 Å². The van der Waals surface area contributed by atoms with Crippen molar-refractivity contribution >= 4 is 0 Å². The van der Waals surface area contributed by atoms with Gasteiger partial charge in [0, 0.05) is 0 Å². The molecule has 0 fully saturated rings. The van der Waals surface area contributed by atoms with Crippen molar-refractivity contribution in [3.05, 3.63) is 0 Å². The molecule has 58 valence electrons. The Morgan fingerprint density at radius 3 is 2.30 bits per heavy atom. The summed E-state index contributed by atoms with van der Waals surface area (Å²) in [6, 6.07) is 2.00. The minimum atomic E-state index is -0.894. The molecule has 0 aromatic heterocycles. The second kappa shape index (κ2) is 3.52. The van der Waals surface area contributed by atoms with Crippen LogP contribution in [0.4, 0.5) is 0 Å². The van der Waals surface area contributed by atoms with E-state index in [0.717, 1.165) is 0 Å². The summed E-state index contributed by atoms with van der Waals surface area (Å²) < 4.78 is 4.98. The fourth-order valence-electron chi connectivity index (χ4n) is 0.424. The first-order valence-corrected chi connectivity index (χ1v) is 2.99. The van der Waals surface area contributed by atoms with Gasteiger partial charge in [-0.3, -0.25) is 4.90 Å². The van der Waals surface area contributed by atoms with E-state index in [0.29, 0.717) is 0 Å². The van der Waals surface area contributed by atoms with Crippen LogP contribution in [0.25, 0.3) is 0 Å². The molecule has 4 nitrogen and oxygen atoms in total. The van der Waals surface area contributed by atoms with Crippen molar-refractivity contribution in [1.29, 1.82) is 5.26 Å². The normalized spacial score (nSPS) is 16.4. The van der Waals surface area contributed by atoms with Crippen LogP contribution in [0.5, 0.6) is 0 Å². The van der Waals surface area contributed by atoms with Gasteiger partial charge < -0.3 is 10.5 Å². The smallest absolute Gasteiger partial charge is 0.208 e. The van der Waals surface area contributed by atoms with Gasteiger partial charge in [-0.25, -0.2) is 0 Å². The third-order valence-electron chi connectivity index (χ3n) is 1.43. The Labute approximate surface area is 61.2 Å². The Morgan fingerprint density at radius 1 is 1.70 bits per heavy atom. The Hall–Kier alpha value is -0.630. The molecule has 1 unspecified atom stereocenters. The van der Waals surface area contributed by atoms with Crippen molar-refractivity contribution < 1.29 is 4.74 Å². The summed E-state index contributed by atoms with van der Waals surface area (Å²) in [6.45, 7) is 1.72. The summed E-state index contributed by atoms with van der Waals surface area (Å²) in [5.74, 6) is 0. The topological polar surface area (TPSA) is 62.3 Å². The van der Waals surface area contributed by atoms with Crippen LogP contribution in [-0.2, 0) is 4.74 Å². The van der Waals surface area contributed by atoms with Gasteiger partial charge in [-0.05, 0) is 21.0 Å². The van der Waals surface area contributed by atoms with E-state index >= 15 is 0 Å². The van der Waals surface area contributed by atoms with Crippen molar-refractivity contribution in [2.24, 2.45) is 5.73 Å². The molecule has 0 aromatic carbocycles. The standard InChI is InChI=1S/C6H13N3O/c1-6(4-7,9(2)3)10-5-8/h5,8H2,1-3H3. The van der Waals surface area contributed by atoms with Gasteiger partial charge in [0.25, 0.3) is 0 Å². The van der Waals surface area contributed by atoms with Crippen LogP contribution in [-0.4, -0.2) is 31.5 Å². The lowest BCUT2D eigenvalue weighted by atomic mass is 10.3. The van der Waals surface area contributed by atoms with Crippen molar-refractivity contribution in [3.8, 4) is 6.07 Å². The molecular formula is C6H13N3O. The van der Waals surface area contributed by atoms with Gasteiger partial charge in [-0.15, -0.1) is 0 Å². The van der Waals surface area contributed by atoms with Gasteiger partial charge in [-0.2, -0.15) is 5.26 Å². The highest BCUT2D eigenvalue weighted by atomic mass is 16.5. The molecule has 0 aromatic rings. The highest BCUT2D eigenvalue weighted by Gasteiger charge is 2.26. The highest BCUT2D eigenvalue weighted by Crippen LogP contribution is 2.09. The minimum Gasteiger partial charge on any atom is -0.332 e. The lowest BCUT2D eigenvalue weighted by molar-refractivity contribution is -0.0787. The number of rotatable bonds is 3. The molecule has 0 aliphatic rings. The van der Waals surface area contributed by atoms with Gasteiger partial charge in [0.1, 0.15) is 6.07 Å². The molecule has 0 spiro atoms. The summed E-state index contributed by atoms with van der Waals surface area (Å²) >= 11 is 0. The second-order valence-corrected chi connectivity index (χ2v) is 2.30. The number of hydrogen-bond donors (Lipinski definition) is 1. The number of nitriles is 1. The van der Waals surface area contributed by atoms with Crippen LogP contribution in [0.2, 0.25) is 0 Å². The Bertz CT molecular complexity index is 140. The third kappa shape index (κ3) is 1.95. The van der Waals surface area contributed by atoms with E-state index in [4.69, 9.17) is 15.7 Å². The van der Waals surface area contributed by atoms with Crippen LogP contribution < -0.4 is 5.73 Å². The summed E-state index contributed by atoms with van der Waals surface area (Å²) in [4.78, 5) is 1.67. The second-order valence-electron chi connectivity index (χ2n) is 2.30. The maximum atomic E-state index is 8.61. The zero-order valence-electron chi connectivity index (χ0n) is 6.59. The predicted octanol–water partition coefficient (Wildman–Crippen LogP) is -0.279. The fourth-order valence-corrected chi connectivity index (χ4v) is 0.424. The van der Waals surface area contributed by atoms with E-state index < -0.39 is 5.72 Å². The van der Waals surface area contributed by atoms with Crippen LogP contribution in [0, 0.1) is 11.3 Å². The molecule has 0 rings (SSSR count). The number of ether oxygens (including phenoxy) is 1. The molecular weight excluding hydrogens is 130 g/mol. The van der Waals surface area contributed by atoms with E-state index in [2.05, 4.69) is 0 Å². The summed E-state index contributed by atoms with van der Waals surface area (Å²) in [6.07, 6.45) is 0. The summed E-state index contributed by atoms with van der Waals surface area (Å²) in [5, 5.41) is 8.61. The van der Waals surface area contributed by atoms with Crippen molar-refractivity contribution in [2.45, 2.75) is 12.6 Å². The molecule has 1 atom stereocenters. The van der Waals surface area contributed by atoms with E-state index in [1.807, 2.05) is 6.07 Å². The highest BCUT2D eigenvalue weighted by molar-refractivity contribution is 4.95. The molecule has 0 bridgehead atoms. The first-order chi connectivity index (χ1) is 4.56. The largest absolute Gasteiger partial charge is 0.332 e. The maximum absolute atomic E-state index is 8.61. The zero-order valence-corrected chi connectivity index (χ0v) is 6.59. The minimum absolute atomic E-state index is 0.0578. The molecule has 0 aliphatic carbocycles. The molecule has 0 radical (unpaired) electrons. The quantitative estimate of drug-likeness (QED) is 0.552. The lowest BCUT2D eigenvalue weighted by Crippen LogP contribution is -2.43. The van der Waals surface area contributed by atoms with E-state index in [9.17, 15) is 0 Å². The predicted molar refractivity (Wildman–Crippen MR) is 37.8 cm³/mol. The van der Waals surface area contributed by atoms with Gasteiger partial charge in [-0.1, -0.05) is 0 Å². The SMILES string of the molecule is CN(C)C(C)(C#N)OCN. The van der Waals surface area contributed by atoms with Crippen LogP contribution in [0.1, 0.15) is 6.92 Å². The van der Waals surface area contributed by atoms with Crippen molar-refractivity contribution in [1.82, 2.24) is 4.90 Å². The van der Waals surface area contributed by atoms with E-state index in [1.165, 1.54) is 0 Å². The summed E-state index contributed by atoms with van der Waals surface area (Å²) in [7, 11) is 3.53. The van der Waals surface area contributed by atoms with Crippen LogP contribution >= 0.6 is 0 Å². The molecule has 10 heavy (non-hydrogen) atoms. The average molecular weight is 143 g/mol. The van der Waals surface area contributed by atoms with E-state index in [-0.39, 0.29) is 6.73 Å². The molecule has 0 saturated heterocycles. The monoisotopic (exact) mass is 143 g/mol. The molecule has 0 saturated carbocycles. The van der Waals surface area contributed by atoms with Crippen LogP contribution in [0.3, 0.4) is 0 Å². The Balaban J connectivity index is 4.12. The summed E-state index contributed by atoms with van der Waals surface area (Å²) in [5.41, 5.74) is 4.23. The van der Waals surface area contributed by atoms with Gasteiger partial charge in [0.05, 0.1) is 6.73 Å². The molecule has 4 heteroatoms. The first kappa shape index (κ1) is 9.37. The van der Waals surface area contributed by atoms with Gasteiger partial charge in [0.2, 0.25) is 5.72 Å². The van der Waals surface area contributed by atoms with Gasteiger partial charge in [0.15, 0.2) is 0 Å². The lowest BCUT2D eigenvalue weighted by Gasteiger charge is -2.28. The molecule has 0 amide bonds. The zero-order chi connectivity index (χ0) is 8.20. The third-order valence-corrected chi connectivity index (χ3v) is 1.43. The van der Waals surface area contributed by atoms with Crippen molar-refractivity contribution in [2.75, 3.05) is 20.8 Å². The Morgan fingerprint density at radius 2 is 2.20 bits per heavy atom. The number of hydrogen-bond acceptors (Lipinski definition) is 4. The number of nitrogens with zero attached hydrogens (tertiary/aromatic N) is 2. The molecule has 2 N–H and O–H groups in total. The van der Waals surface area contributed by atoms with Crippen LogP contribution in [0.15, 0.2) is 0 Å². The van der Waals surface area contributed by atoms with E-state index in [1.54, 1.807) is 25.9 Å². The maximum Gasteiger partial charge on any atom is 0.208 e. The fraction of sp³-hybridized carbons (Fsp3) is 0.833.